The Kier molecular flexibility index (Phi) is 4.70. The highest BCUT2D eigenvalue weighted by molar-refractivity contribution is 6.12. The number of rotatable bonds is 5. The molecule has 1 heterocycles. The van der Waals surface area contributed by atoms with Crippen LogP contribution in [0.4, 0.5) is 0 Å². The van der Waals surface area contributed by atoms with Crippen LogP contribution in [0.3, 0.4) is 0 Å². The van der Waals surface area contributed by atoms with Crippen molar-refractivity contribution in [3.8, 4) is 0 Å². The van der Waals surface area contributed by atoms with Crippen LogP contribution in [0.25, 0.3) is 10.8 Å². The van der Waals surface area contributed by atoms with Crippen molar-refractivity contribution in [1.82, 2.24) is 4.98 Å². The van der Waals surface area contributed by atoms with Gasteiger partial charge in [-0.3, -0.25) is 4.98 Å². The summed E-state index contributed by atoms with van der Waals surface area (Å²) in [5, 5.41) is 6.85. The van der Waals surface area contributed by atoms with Gasteiger partial charge in [-0.25, -0.2) is 0 Å². The number of benzene rings is 3. The van der Waals surface area contributed by atoms with Crippen molar-refractivity contribution in [2.75, 3.05) is 0 Å². The van der Waals surface area contributed by atoms with Gasteiger partial charge < -0.3 is 4.84 Å². The SMILES string of the molecule is c1ccc(C(=NOCc2cccc3ccccc23)c2ccncc2)cc1. The van der Waals surface area contributed by atoms with Crippen LogP contribution >= 0.6 is 0 Å². The number of pyridine rings is 1. The number of hydrogen-bond acceptors (Lipinski definition) is 3. The first kappa shape index (κ1) is 16.0. The van der Waals surface area contributed by atoms with E-state index in [-0.39, 0.29) is 0 Å². The molecule has 3 heteroatoms. The molecule has 0 fully saturated rings. The van der Waals surface area contributed by atoms with Crippen molar-refractivity contribution in [3.05, 3.63) is 114 Å². The summed E-state index contributed by atoms with van der Waals surface area (Å²) < 4.78 is 0. The summed E-state index contributed by atoms with van der Waals surface area (Å²) in [7, 11) is 0. The number of fused-ring (bicyclic) bond motifs is 1. The molecule has 0 atom stereocenters. The lowest BCUT2D eigenvalue weighted by molar-refractivity contribution is 0.132. The van der Waals surface area contributed by atoms with Gasteiger partial charge in [0.1, 0.15) is 12.3 Å². The van der Waals surface area contributed by atoms with Crippen molar-refractivity contribution >= 4 is 16.5 Å². The maximum Gasteiger partial charge on any atom is 0.142 e. The Hall–Kier alpha value is -3.46. The van der Waals surface area contributed by atoms with Crippen molar-refractivity contribution in [2.24, 2.45) is 5.16 Å². The van der Waals surface area contributed by atoms with E-state index in [9.17, 15) is 0 Å². The smallest absolute Gasteiger partial charge is 0.142 e. The molecule has 0 spiro atoms. The number of oxime groups is 1. The van der Waals surface area contributed by atoms with Gasteiger partial charge in [-0.05, 0) is 28.5 Å². The normalized spacial score (nSPS) is 11.5. The molecule has 26 heavy (non-hydrogen) atoms. The summed E-state index contributed by atoms with van der Waals surface area (Å²) in [5.74, 6) is 0. The lowest BCUT2D eigenvalue weighted by Gasteiger charge is -2.09. The molecule has 0 radical (unpaired) electrons. The summed E-state index contributed by atoms with van der Waals surface area (Å²) in [6.07, 6.45) is 3.52. The first-order valence-corrected chi connectivity index (χ1v) is 8.54. The highest BCUT2D eigenvalue weighted by Gasteiger charge is 2.08. The summed E-state index contributed by atoms with van der Waals surface area (Å²) in [6.45, 7) is 0.419. The fraction of sp³-hybridized carbons (Fsp3) is 0.0435. The Bertz CT molecular complexity index is 981. The Morgan fingerprint density at radius 1 is 0.731 bits per heavy atom. The molecule has 0 amide bonds. The van der Waals surface area contributed by atoms with Gasteiger partial charge in [0.15, 0.2) is 0 Å². The van der Waals surface area contributed by atoms with Crippen LogP contribution < -0.4 is 0 Å². The Morgan fingerprint density at radius 3 is 2.27 bits per heavy atom. The lowest BCUT2D eigenvalue weighted by atomic mass is 10.0. The van der Waals surface area contributed by atoms with Crippen LogP contribution in [0.1, 0.15) is 16.7 Å². The molecule has 0 saturated carbocycles. The minimum atomic E-state index is 0.419. The average molecular weight is 338 g/mol. The van der Waals surface area contributed by atoms with Crippen LogP contribution in [0.15, 0.2) is 102 Å². The molecule has 4 rings (SSSR count). The molecule has 0 N–H and O–H groups in total. The third kappa shape index (κ3) is 3.47. The van der Waals surface area contributed by atoms with Crippen LogP contribution in [0.5, 0.6) is 0 Å². The second-order valence-corrected chi connectivity index (χ2v) is 5.95. The summed E-state index contributed by atoms with van der Waals surface area (Å²) in [4.78, 5) is 9.85. The summed E-state index contributed by atoms with van der Waals surface area (Å²) >= 11 is 0. The van der Waals surface area contributed by atoms with E-state index in [1.165, 1.54) is 10.8 Å². The molecule has 4 aromatic rings. The number of nitrogens with zero attached hydrogens (tertiary/aromatic N) is 2. The van der Waals surface area contributed by atoms with E-state index in [2.05, 4.69) is 34.4 Å². The van der Waals surface area contributed by atoms with E-state index < -0.39 is 0 Å². The van der Waals surface area contributed by atoms with Crippen molar-refractivity contribution in [1.29, 1.82) is 0 Å². The van der Waals surface area contributed by atoms with Gasteiger partial charge in [0.05, 0.1) is 0 Å². The fourth-order valence-electron chi connectivity index (χ4n) is 2.96. The minimum absolute atomic E-state index is 0.419. The molecule has 0 saturated heterocycles. The molecule has 0 aliphatic carbocycles. The predicted octanol–water partition coefficient (Wildman–Crippen LogP) is 5.20. The zero-order valence-corrected chi connectivity index (χ0v) is 14.2. The van der Waals surface area contributed by atoms with Crippen molar-refractivity contribution < 1.29 is 4.84 Å². The molecular weight excluding hydrogens is 320 g/mol. The third-order valence-electron chi connectivity index (χ3n) is 4.26. The van der Waals surface area contributed by atoms with Gasteiger partial charge >= 0.3 is 0 Å². The minimum Gasteiger partial charge on any atom is -0.390 e. The molecular formula is C23H18N2O. The van der Waals surface area contributed by atoms with Gasteiger partial charge in [-0.2, -0.15) is 0 Å². The molecule has 1 aromatic heterocycles. The van der Waals surface area contributed by atoms with Crippen molar-refractivity contribution in [3.63, 3.8) is 0 Å². The van der Waals surface area contributed by atoms with Crippen molar-refractivity contribution in [2.45, 2.75) is 6.61 Å². The lowest BCUT2D eigenvalue weighted by Crippen LogP contribution is -2.04. The zero-order chi connectivity index (χ0) is 17.6. The van der Waals surface area contributed by atoms with Crippen LogP contribution in [0.2, 0.25) is 0 Å². The zero-order valence-electron chi connectivity index (χ0n) is 14.2. The van der Waals surface area contributed by atoms with Crippen LogP contribution in [-0.4, -0.2) is 10.7 Å². The van der Waals surface area contributed by atoms with E-state index in [0.717, 1.165) is 22.4 Å². The molecule has 3 aromatic carbocycles. The fourth-order valence-corrected chi connectivity index (χ4v) is 2.96. The average Bonchev–Trinajstić information content (AvgIpc) is 2.72. The highest BCUT2D eigenvalue weighted by atomic mass is 16.6. The summed E-state index contributed by atoms with van der Waals surface area (Å²) in [6, 6.07) is 28.4. The monoisotopic (exact) mass is 338 g/mol. The van der Waals surface area contributed by atoms with E-state index >= 15 is 0 Å². The van der Waals surface area contributed by atoms with E-state index in [0.29, 0.717) is 6.61 Å². The Labute approximate surface area is 152 Å². The molecule has 0 aliphatic rings. The highest BCUT2D eigenvalue weighted by Crippen LogP contribution is 2.19. The first-order valence-electron chi connectivity index (χ1n) is 8.54. The number of aromatic nitrogens is 1. The van der Waals surface area contributed by atoms with Gasteiger partial charge in [0, 0.05) is 23.5 Å². The third-order valence-corrected chi connectivity index (χ3v) is 4.26. The maximum absolute atomic E-state index is 5.77. The molecule has 126 valence electrons. The quantitative estimate of drug-likeness (QED) is 0.370. The maximum atomic E-state index is 5.77. The van der Waals surface area contributed by atoms with Crippen LogP contribution in [0, 0.1) is 0 Å². The first-order chi connectivity index (χ1) is 12.9. The topological polar surface area (TPSA) is 34.5 Å². The van der Waals surface area contributed by atoms with Gasteiger partial charge in [0.2, 0.25) is 0 Å². The predicted molar refractivity (Wildman–Crippen MR) is 105 cm³/mol. The standard InChI is InChI=1S/C23H18N2O/c1-2-8-19(9-3-1)23(20-13-15-24-16-14-20)25-26-17-21-11-6-10-18-7-4-5-12-22(18)21/h1-16H,17H2. The van der Waals surface area contributed by atoms with E-state index in [1.807, 2.05) is 60.7 Å². The van der Waals surface area contributed by atoms with Gasteiger partial charge in [-0.15, -0.1) is 0 Å². The Morgan fingerprint density at radius 2 is 1.42 bits per heavy atom. The molecule has 0 unspecified atom stereocenters. The summed E-state index contributed by atoms with van der Waals surface area (Å²) in [5.41, 5.74) is 3.91. The second-order valence-electron chi connectivity index (χ2n) is 5.95. The molecule has 0 bridgehead atoms. The van der Waals surface area contributed by atoms with Crippen LogP contribution in [-0.2, 0) is 11.4 Å². The molecule has 0 aliphatic heterocycles. The van der Waals surface area contributed by atoms with Gasteiger partial charge in [-0.1, -0.05) is 78.0 Å². The van der Waals surface area contributed by atoms with Gasteiger partial charge in [0.25, 0.3) is 0 Å². The number of hydrogen-bond donors (Lipinski definition) is 0. The largest absolute Gasteiger partial charge is 0.390 e. The molecule has 3 nitrogen and oxygen atoms in total. The van der Waals surface area contributed by atoms with E-state index in [4.69, 9.17) is 4.84 Å². The Balaban J connectivity index is 1.63. The van der Waals surface area contributed by atoms with E-state index in [1.54, 1.807) is 12.4 Å². The second kappa shape index (κ2) is 7.62.